The van der Waals surface area contributed by atoms with Crippen molar-refractivity contribution in [3.8, 4) is 11.5 Å². The van der Waals surface area contributed by atoms with Crippen LogP contribution in [0.1, 0.15) is 24.4 Å². The van der Waals surface area contributed by atoms with Crippen molar-refractivity contribution in [2.45, 2.75) is 18.9 Å². The number of hydrogen-bond acceptors (Lipinski definition) is 4. The van der Waals surface area contributed by atoms with E-state index in [4.69, 9.17) is 9.47 Å². The summed E-state index contributed by atoms with van der Waals surface area (Å²) in [6.45, 7) is 1.10. The number of ether oxygens (including phenoxy) is 2. The number of benzene rings is 2. The fourth-order valence-corrected chi connectivity index (χ4v) is 3.36. The van der Waals surface area contributed by atoms with Crippen LogP contribution in [0.3, 0.4) is 0 Å². The van der Waals surface area contributed by atoms with Crippen LogP contribution in [-0.4, -0.2) is 38.1 Å². The van der Waals surface area contributed by atoms with Crippen LogP contribution in [0.15, 0.2) is 42.5 Å². The second kappa shape index (κ2) is 8.19. The quantitative estimate of drug-likeness (QED) is 0.857. The molecule has 0 saturated carbocycles. The highest BCUT2D eigenvalue weighted by atomic mass is 19.1. The molecule has 5 nitrogen and oxygen atoms in total. The number of halogens is 1. The number of methoxy groups -OCH3 is 2. The van der Waals surface area contributed by atoms with Gasteiger partial charge in [-0.1, -0.05) is 12.1 Å². The van der Waals surface area contributed by atoms with Gasteiger partial charge >= 0.3 is 0 Å². The van der Waals surface area contributed by atoms with Crippen LogP contribution in [0.4, 0.5) is 10.1 Å². The van der Waals surface area contributed by atoms with E-state index in [2.05, 4.69) is 10.2 Å². The second-order valence-corrected chi connectivity index (χ2v) is 6.29. The van der Waals surface area contributed by atoms with E-state index in [1.54, 1.807) is 44.6 Å². The van der Waals surface area contributed by atoms with Gasteiger partial charge in [0, 0.05) is 12.1 Å². The van der Waals surface area contributed by atoms with Gasteiger partial charge in [0.1, 0.15) is 17.3 Å². The summed E-state index contributed by atoms with van der Waals surface area (Å²) in [6, 6.07) is 11.9. The Balaban J connectivity index is 1.68. The fourth-order valence-electron chi connectivity index (χ4n) is 3.36. The van der Waals surface area contributed by atoms with E-state index >= 15 is 0 Å². The van der Waals surface area contributed by atoms with E-state index in [9.17, 15) is 9.18 Å². The summed E-state index contributed by atoms with van der Waals surface area (Å²) in [5.41, 5.74) is 1.62. The van der Waals surface area contributed by atoms with E-state index in [0.717, 1.165) is 24.9 Å². The Morgan fingerprint density at radius 2 is 1.96 bits per heavy atom. The van der Waals surface area contributed by atoms with Gasteiger partial charge in [-0.15, -0.1) is 0 Å². The number of amides is 1. The number of carbonyl (C=O) groups excluding carboxylic acids is 1. The van der Waals surface area contributed by atoms with Crippen molar-refractivity contribution in [3.63, 3.8) is 0 Å². The first-order chi connectivity index (χ1) is 12.6. The van der Waals surface area contributed by atoms with E-state index < -0.39 is 0 Å². The van der Waals surface area contributed by atoms with Gasteiger partial charge in [-0.05, 0) is 49.2 Å². The smallest absolute Gasteiger partial charge is 0.238 e. The molecule has 0 aliphatic carbocycles. The molecule has 3 rings (SSSR count). The number of nitrogens with zero attached hydrogens (tertiary/aromatic N) is 1. The van der Waals surface area contributed by atoms with E-state index in [1.165, 1.54) is 12.1 Å². The molecular formula is C20H23FN2O3. The molecular weight excluding hydrogens is 335 g/mol. The minimum atomic E-state index is -0.249. The van der Waals surface area contributed by atoms with Crippen LogP contribution in [0.2, 0.25) is 0 Å². The predicted molar refractivity (Wildman–Crippen MR) is 98.1 cm³/mol. The lowest BCUT2D eigenvalue weighted by Crippen LogP contribution is -2.33. The molecule has 1 N–H and O–H groups in total. The minimum Gasteiger partial charge on any atom is -0.497 e. The molecule has 1 fully saturated rings. The molecule has 138 valence electrons. The van der Waals surface area contributed by atoms with Crippen LogP contribution < -0.4 is 14.8 Å². The van der Waals surface area contributed by atoms with E-state index in [1.807, 2.05) is 0 Å². The molecule has 1 atom stereocenters. The van der Waals surface area contributed by atoms with Gasteiger partial charge in [0.15, 0.2) is 0 Å². The first-order valence-electron chi connectivity index (χ1n) is 8.62. The maximum Gasteiger partial charge on any atom is 0.238 e. The average molecular weight is 358 g/mol. The zero-order valence-electron chi connectivity index (χ0n) is 15.0. The van der Waals surface area contributed by atoms with Crippen LogP contribution in [0.5, 0.6) is 11.5 Å². The van der Waals surface area contributed by atoms with Gasteiger partial charge in [0.05, 0.1) is 26.5 Å². The summed E-state index contributed by atoms with van der Waals surface area (Å²) in [5, 5.41) is 2.90. The monoisotopic (exact) mass is 358 g/mol. The van der Waals surface area contributed by atoms with Gasteiger partial charge in [-0.2, -0.15) is 0 Å². The molecule has 1 aliphatic heterocycles. The zero-order valence-corrected chi connectivity index (χ0v) is 15.0. The molecule has 0 unspecified atom stereocenters. The third-order valence-electron chi connectivity index (χ3n) is 4.65. The molecule has 2 aromatic carbocycles. The van der Waals surface area contributed by atoms with Crippen LogP contribution in [0, 0.1) is 5.82 Å². The molecule has 1 heterocycles. The lowest BCUT2D eigenvalue weighted by atomic mass is 10.0. The Bertz CT molecular complexity index is 764. The molecule has 2 aromatic rings. The molecule has 0 bridgehead atoms. The molecule has 1 amide bonds. The van der Waals surface area contributed by atoms with Gasteiger partial charge < -0.3 is 14.8 Å². The number of nitrogens with one attached hydrogen (secondary N) is 1. The van der Waals surface area contributed by atoms with Crippen LogP contribution >= 0.6 is 0 Å². The normalized spacial score (nSPS) is 17.1. The van der Waals surface area contributed by atoms with Crippen molar-refractivity contribution in [1.82, 2.24) is 4.90 Å². The number of rotatable bonds is 6. The van der Waals surface area contributed by atoms with Crippen molar-refractivity contribution in [2.24, 2.45) is 0 Å². The number of hydrogen-bond donors (Lipinski definition) is 1. The van der Waals surface area contributed by atoms with E-state index in [0.29, 0.717) is 17.2 Å². The summed E-state index contributed by atoms with van der Waals surface area (Å²) >= 11 is 0. The first kappa shape index (κ1) is 18.2. The average Bonchev–Trinajstić information content (AvgIpc) is 3.10. The molecule has 26 heavy (non-hydrogen) atoms. The highest BCUT2D eigenvalue weighted by Gasteiger charge is 2.27. The molecule has 1 aliphatic rings. The summed E-state index contributed by atoms with van der Waals surface area (Å²) in [6.07, 6.45) is 1.97. The van der Waals surface area contributed by atoms with E-state index in [-0.39, 0.29) is 24.3 Å². The van der Waals surface area contributed by atoms with Gasteiger partial charge in [-0.3, -0.25) is 9.69 Å². The summed E-state index contributed by atoms with van der Waals surface area (Å²) < 4.78 is 23.7. The van der Waals surface area contributed by atoms with Crippen molar-refractivity contribution in [2.75, 3.05) is 32.6 Å². The SMILES string of the molecule is COc1ccc(OC)c(NC(=O)CN2CCC[C@H]2c2ccc(F)cc2)c1. The van der Waals surface area contributed by atoms with Gasteiger partial charge in [-0.25, -0.2) is 4.39 Å². The lowest BCUT2D eigenvalue weighted by molar-refractivity contribution is -0.117. The van der Waals surface area contributed by atoms with Crippen LogP contribution in [0.25, 0.3) is 0 Å². The largest absolute Gasteiger partial charge is 0.497 e. The summed E-state index contributed by atoms with van der Waals surface area (Å²) in [4.78, 5) is 14.7. The Morgan fingerprint density at radius 3 is 2.65 bits per heavy atom. The second-order valence-electron chi connectivity index (χ2n) is 6.29. The van der Waals surface area contributed by atoms with Gasteiger partial charge in [0.25, 0.3) is 0 Å². The third-order valence-corrected chi connectivity index (χ3v) is 4.65. The Morgan fingerprint density at radius 1 is 1.19 bits per heavy atom. The Labute approximate surface area is 152 Å². The van der Waals surface area contributed by atoms with Crippen LogP contribution in [-0.2, 0) is 4.79 Å². The van der Waals surface area contributed by atoms with Gasteiger partial charge in [0.2, 0.25) is 5.91 Å². The lowest BCUT2D eigenvalue weighted by Gasteiger charge is -2.24. The maximum atomic E-state index is 13.2. The minimum absolute atomic E-state index is 0.120. The standard InChI is InChI=1S/C20H23FN2O3/c1-25-16-9-10-19(26-2)17(12-16)22-20(24)13-23-11-3-4-18(23)14-5-7-15(21)8-6-14/h5-10,12,18H,3-4,11,13H2,1-2H3,(H,22,24)/t18-/m0/s1. The Hall–Kier alpha value is -2.60. The molecule has 1 saturated heterocycles. The van der Waals surface area contributed by atoms with Crippen molar-refractivity contribution in [3.05, 3.63) is 53.8 Å². The van der Waals surface area contributed by atoms with Crippen molar-refractivity contribution in [1.29, 1.82) is 0 Å². The van der Waals surface area contributed by atoms with Crippen molar-refractivity contribution < 1.29 is 18.7 Å². The number of anilines is 1. The molecule has 0 radical (unpaired) electrons. The Kier molecular flexibility index (Phi) is 5.73. The topological polar surface area (TPSA) is 50.8 Å². The predicted octanol–water partition coefficient (Wildman–Crippen LogP) is 3.62. The fraction of sp³-hybridized carbons (Fsp3) is 0.350. The zero-order chi connectivity index (χ0) is 18.5. The number of carbonyl (C=O) groups is 1. The summed E-state index contributed by atoms with van der Waals surface area (Å²) in [5.74, 6) is 0.855. The first-order valence-corrected chi connectivity index (χ1v) is 8.62. The number of likely N-dealkylation sites (tertiary alicyclic amines) is 1. The molecule has 6 heteroatoms. The van der Waals surface area contributed by atoms with Crippen molar-refractivity contribution >= 4 is 11.6 Å². The molecule has 0 aromatic heterocycles. The molecule has 0 spiro atoms. The summed E-state index contributed by atoms with van der Waals surface area (Å²) in [7, 11) is 3.13. The highest BCUT2D eigenvalue weighted by molar-refractivity contribution is 5.94. The third kappa shape index (κ3) is 4.14. The highest BCUT2D eigenvalue weighted by Crippen LogP contribution is 2.32. The maximum absolute atomic E-state index is 13.2.